The van der Waals surface area contributed by atoms with Crippen LogP contribution in [0.4, 0.5) is 0 Å². The van der Waals surface area contributed by atoms with Crippen LogP contribution in [0.15, 0.2) is 91.0 Å². The van der Waals surface area contributed by atoms with Gasteiger partial charge in [0.2, 0.25) is 0 Å². The molecular weight excluding hydrogens is 487 g/mol. The first-order valence-electron chi connectivity index (χ1n) is 10.7. The summed E-state index contributed by atoms with van der Waals surface area (Å²) in [6, 6.07) is 26.7. The van der Waals surface area contributed by atoms with Crippen LogP contribution in [-0.2, 0) is 17.6 Å². The van der Waals surface area contributed by atoms with Crippen molar-refractivity contribution in [1.82, 2.24) is 0 Å². The number of para-hydroxylation sites is 2. The molecule has 4 aromatic carbocycles. The number of carbonyl (C=O) groups is 2. The Labute approximate surface area is 212 Å². The molecule has 1 aliphatic heterocycles. The summed E-state index contributed by atoms with van der Waals surface area (Å²) in [6.45, 7) is 0. The van der Waals surface area contributed by atoms with Crippen molar-refractivity contribution in [2.45, 2.75) is 12.8 Å². The number of aliphatic carboxylic acids is 1. The fraction of sp³-hybridized carbons (Fsp3) is 0.0714. The third-order valence-electron chi connectivity index (χ3n) is 5.14. The Balaban J connectivity index is 0.000000165. The van der Waals surface area contributed by atoms with Gasteiger partial charge in [0.15, 0.2) is 5.78 Å². The van der Waals surface area contributed by atoms with Crippen LogP contribution >= 0.6 is 23.2 Å². The standard InChI is InChI=1S/C14H11ClO3.C14H9ClO2/c15-11-5-7-12(8-6-11)18-13-4-2-1-3-10(13)9-14(16)17;15-10-5-6-14-11(8-10)12(16)7-9-3-1-2-4-13(9)17-14/h1-8H,9H2,(H,16,17);1-6,8H,7H2. The van der Waals surface area contributed by atoms with E-state index >= 15 is 0 Å². The highest BCUT2D eigenvalue weighted by molar-refractivity contribution is 6.31. The van der Waals surface area contributed by atoms with Crippen LogP contribution in [0.2, 0.25) is 10.0 Å². The number of benzene rings is 4. The molecule has 0 aliphatic carbocycles. The minimum absolute atomic E-state index is 0.0347. The fourth-order valence-electron chi connectivity index (χ4n) is 3.49. The van der Waals surface area contributed by atoms with E-state index in [9.17, 15) is 9.59 Å². The van der Waals surface area contributed by atoms with E-state index < -0.39 is 5.97 Å². The molecule has 35 heavy (non-hydrogen) atoms. The zero-order chi connectivity index (χ0) is 24.8. The molecule has 0 aromatic heterocycles. The molecule has 7 heteroatoms. The molecule has 0 saturated carbocycles. The van der Waals surface area contributed by atoms with Gasteiger partial charge in [-0.3, -0.25) is 9.59 Å². The van der Waals surface area contributed by atoms with E-state index in [0.717, 1.165) is 11.3 Å². The first-order valence-corrected chi connectivity index (χ1v) is 11.5. The summed E-state index contributed by atoms with van der Waals surface area (Å²) in [7, 11) is 0. The zero-order valence-electron chi connectivity index (χ0n) is 18.4. The molecule has 0 atom stereocenters. The predicted molar refractivity (Wildman–Crippen MR) is 135 cm³/mol. The second kappa shape index (κ2) is 11.1. The van der Waals surface area contributed by atoms with E-state index in [1.165, 1.54) is 0 Å². The minimum atomic E-state index is -0.887. The fourth-order valence-corrected chi connectivity index (χ4v) is 3.79. The van der Waals surface area contributed by atoms with Crippen molar-refractivity contribution in [1.29, 1.82) is 0 Å². The number of ether oxygens (including phenoxy) is 2. The molecule has 1 heterocycles. The highest BCUT2D eigenvalue weighted by Gasteiger charge is 2.20. The second-order valence-corrected chi connectivity index (χ2v) is 8.56. The quantitative estimate of drug-likeness (QED) is 0.308. The maximum Gasteiger partial charge on any atom is 0.307 e. The molecule has 5 nitrogen and oxygen atoms in total. The van der Waals surface area contributed by atoms with Crippen LogP contribution in [0.3, 0.4) is 0 Å². The molecule has 1 N–H and O–H groups in total. The van der Waals surface area contributed by atoms with E-state index in [2.05, 4.69) is 0 Å². The van der Waals surface area contributed by atoms with Crippen molar-refractivity contribution >= 4 is 35.0 Å². The summed E-state index contributed by atoms with van der Waals surface area (Å²) in [4.78, 5) is 22.8. The lowest BCUT2D eigenvalue weighted by molar-refractivity contribution is -0.136. The Morgan fingerprint density at radius 2 is 1.54 bits per heavy atom. The maximum absolute atomic E-state index is 12.1. The van der Waals surface area contributed by atoms with Crippen LogP contribution in [0.25, 0.3) is 0 Å². The molecule has 0 amide bonds. The number of carboxylic acid groups (broad SMARTS) is 1. The summed E-state index contributed by atoms with van der Waals surface area (Å²) in [5.41, 5.74) is 2.10. The molecule has 1 aliphatic rings. The van der Waals surface area contributed by atoms with E-state index in [1.54, 1.807) is 66.7 Å². The topological polar surface area (TPSA) is 72.8 Å². The molecule has 0 spiro atoms. The van der Waals surface area contributed by atoms with Gasteiger partial charge < -0.3 is 14.6 Å². The van der Waals surface area contributed by atoms with Crippen molar-refractivity contribution in [2.75, 3.05) is 0 Å². The van der Waals surface area contributed by atoms with E-state index in [-0.39, 0.29) is 12.2 Å². The zero-order valence-corrected chi connectivity index (χ0v) is 19.9. The Kier molecular flexibility index (Phi) is 7.70. The number of carbonyl (C=O) groups excluding carboxylic acids is 1. The van der Waals surface area contributed by atoms with Crippen molar-refractivity contribution in [2.24, 2.45) is 0 Å². The molecule has 176 valence electrons. The van der Waals surface area contributed by atoms with Crippen LogP contribution < -0.4 is 9.47 Å². The van der Waals surface area contributed by atoms with Gasteiger partial charge >= 0.3 is 5.97 Å². The maximum atomic E-state index is 12.1. The lowest BCUT2D eigenvalue weighted by Crippen LogP contribution is -2.01. The molecule has 0 saturated heterocycles. The van der Waals surface area contributed by atoms with Crippen LogP contribution in [0, 0.1) is 0 Å². The van der Waals surface area contributed by atoms with Gasteiger partial charge in [0.05, 0.1) is 12.0 Å². The Hall–Kier alpha value is -3.80. The Morgan fingerprint density at radius 3 is 2.31 bits per heavy atom. The predicted octanol–water partition coefficient (Wildman–Crippen LogP) is 7.63. The van der Waals surface area contributed by atoms with Gasteiger partial charge in [0.25, 0.3) is 0 Å². The lowest BCUT2D eigenvalue weighted by atomic mass is 10.0. The van der Waals surface area contributed by atoms with E-state index in [1.807, 2.05) is 24.3 Å². The average molecular weight is 507 g/mol. The van der Waals surface area contributed by atoms with Gasteiger partial charge in [-0.1, -0.05) is 59.6 Å². The summed E-state index contributed by atoms with van der Waals surface area (Å²) in [6.07, 6.45) is 0.285. The number of halogens is 2. The summed E-state index contributed by atoms with van der Waals surface area (Å²) in [5.74, 6) is 1.63. The normalized spacial score (nSPS) is 11.7. The highest BCUT2D eigenvalue weighted by atomic mass is 35.5. The number of ketones is 1. The first kappa shape index (κ1) is 24.3. The number of hydrogen-bond acceptors (Lipinski definition) is 4. The van der Waals surface area contributed by atoms with E-state index in [0.29, 0.717) is 44.8 Å². The van der Waals surface area contributed by atoms with E-state index in [4.69, 9.17) is 37.8 Å². The van der Waals surface area contributed by atoms with Crippen molar-refractivity contribution < 1.29 is 24.2 Å². The summed E-state index contributed by atoms with van der Waals surface area (Å²) >= 11 is 11.7. The first-order chi connectivity index (χ1) is 16.9. The van der Waals surface area contributed by atoms with Crippen molar-refractivity contribution in [3.05, 3.63) is 118 Å². The molecule has 0 radical (unpaired) electrons. The molecular formula is C28H20Cl2O5. The third-order valence-corrected chi connectivity index (χ3v) is 5.63. The Morgan fingerprint density at radius 1 is 0.857 bits per heavy atom. The van der Waals surface area contributed by atoms with Gasteiger partial charge in [-0.15, -0.1) is 0 Å². The molecule has 0 unspecified atom stereocenters. The monoisotopic (exact) mass is 506 g/mol. The van der Waals surface area contributed by atoms with Gasteiger partial charge in [-0.2, -0.15) is 0 Å². The van der Waals surface area contributed by atoms with Gasteiger partial charge in [0, 0.05) is 27.6 Å². The Bertz CT molecular complexity index is 1370. The smallest absolute Gasteiger partial charge is 0.307 e. The largest absolute Gasteiger partial charge is 0.481 e. The van der Waals surface area contributed by atoms with Gasteiger partial charge in [-0.25, -0.2) is 0 Å². The third kappa shape index (κ3) is 6.41. The number of fused-ring (bicyclic) bond motifs is 2. The lowest BCUT2D eigenvalue weighted by Gasteiger charge is -2.09. The van der Waals surface area contributed by atoms with Crippen molar-refractivity contribution in [3.8, 4) is 23.0 Å². The number of Topliss-reactive ketones (excluding diaryl/α,β-unsaturated/α-hetero) is 1. The number of hydrogen-bond donors (Lipinski definition) is 1. The van der Waals surface area contributed by atoms with Crippen LogP contribution in [0.5, 0.6) is 23.0 Å². The number of rotatable bonds is 4. The molecule has 0 bridgehead atoms. The second-order valence-electron chi connectivity index (χ2n) is 7.68. The van der Waals surface area contributed by atoms with Crippen LogP contribution in [-0.4, -0.2) is 16.9 Å². The minimum Gasteiger partial charge on any atom is -0.481 e. The number of carboxylic acids is 1. The molecule has 4 aromatic rings. The summed E-state index contributed by atoms with van der Waals surface area (Å²) < 4.78 is 11.4. The summed E-state index contributed by atoms with van der Waals surface area (Å²) in [5, 5.41) is 9.99. The molecule has 5 rings (SSSR count). The van der Waals surface area contributed by atoms with Gasteiger partial charge in [-0.05, 0) is 54.6 Å². The highest BCUT2D eigenvalue weighted by Crippen LogP contribution is 2.34. The van der Waals surface area contributed by atoms with Crippen LogP contribution in [0.1, 0.15) is 21.5 Å². The molecule has 0 fully saturated rings. The SMILES string of the molecule is O=C(O)Cc1ccccc1Oc1ccc(Cl)cc1.O=C1Cc2ccccc2Oc2ccc(Cl)cc21. The van der Waals surface area contributed by atoms with Crippen molar-refractivity contribution in [3.63, 3.8) is 0 Å². The average Bonchev–Trinajstić information content (AvgIpc) is 2.97. The van der Waals surface area contributed by atoms with Gasteiger partial charge in [0.1, 0.15) is 23.0 Å².